The van der Waals surface area contributed by atoms with Gasteiger partial charge in [0, 0.05) is 0 Å². The van der Waals surface area contributed by atoms with E-state index in [1.165, 1.54) is 0 Å². The summed E-state index contributed by atoms with van der Waals surface area (Å²) in [4.78, 5) is 24.8. The molecule has 0 unspecified atom stereocenters. The number of methoxy groups -OCH3 is 2. The van der Waals surface area contributed by atoms with E-state index in [9.17, 15) is 9.59 Å². The van der Waals surface area contributed by atoms with Crippen LogP contribution in [-0.4, -0.2) is 26.2 Å². The first-order chi connectivity index (χ1) is 16.6. The number of carbonyl (C=O) groups is 2. The number of hydrogen-bond acceptors (Lipinski definition) is 6. The molecule has 0 radical (unpaired) electrons. The van der Waals surface area contributed by atoms with Crippen LogP contribution < -0.4 is 18.9 Å². The van der Waals surface area contributed by atoms with Gasteiger partial charge >= 0.3 is 11.9 Å². The zero-order valence-corrected chi connectivity index (χ0v) is 18.7. The number of benzene rings is 4. The molecule has 0 aromatic heterocycles. The molecule has 0 saturated carbocycles. The van der Waals surface area contributed by atoms with Crippen LogP contribution in [-0.2, 0) is 0 Å². The Balaban J connectivity index is 1.39. The maximum atomic E-state index is 12.4. The third kappa shape index (κ3) is 5.42. The highest BCUT2D eigenvalue weighted by molar-refractivity contribution is 5.93. The molecule has 0 saturated heterocycles. The molecule has 0 aliphatic carbocycles. The van der Waals surface area contributed by atoms with E-state index < -0.39 is 11.9 Å². The van der Waals surface area contributed by atoms with E-state index >= 15 is 0 Å². The zero-order chi connectivity index (χ0) is 23.9. The highest BCUT2D eigenvalue weighted by atomic mass is 16.5. The first-order valence-corrected chi connectivity index (χ1v) is 10.5. The van der Waals surface area contributed by atoms with Crippen molar-refractivity contribution < 1.29 is 28.5 Å². The van der Waals surface area contributed by atoms with Crippen molar-refractivity contribution in [3.05, 3.63) is 108 Å². The summed E-state index contributed by atoms with van der Waals surface area (Å²) in [6.07, 6.45) is 0. The van der Waals surface area contributed by atoms with Crippen LogP contribution in [0.1, 0.15) is 20.7 Å². The van der Waals surface area contributed by atoms with Crippen LogP contribution in [0.4, 0.5) is 0 Å². The van der Waals surface area contributed by atoms with Gasteiger partial charge in [0.1, 0.15) is 23.0 Å². The standard InChI is InChI=1S/C28H22O6/c1-31-23-11-15-25(16-12-23)33-27(29)21-7-3-19(4-8-21)20-5-9-22(10-6-20)28(30)34-26-17-13-24(32-2)14-18-26/h3-18H,1-2H3. The number of hydrogen-bond donors (Lipinski definition) is 0. The molecule has 0 N–H and O–H groups in total. The van der Waals surface area contributed by atoms with Gasteiger partial charge in [-0.1, -0.05) is 24.3 Å². The number of esters is 2. The minimum Gasteiger partial charge on any atom is -0.497 e. The molecule has 0 amide bonds. The van der Waals surface area contributed by atoms with Gasteiger partial charge in [-0.25, -0.2) is 9.59 Å². The van der Waals surface area contributed by atoms with Gasteiger partial charge < -0.3 is 18.9 Å². The molecule has 6 nitrogen and oxygen atoms in total. The van der Waals surface area contributed by atoms with Crippen molar-refractivity contribution in [3.8, 4) is 34.1 Å². The van der Waals surface area contributed by atoms with Crippen LogP contribution in [0.2, 0.25) is 0 Å². The van der Waals surface area contributed by atoms with Crippen molar-refractivity contribution in [2.45, 2.75) is 0 Å². The smallest absolute Gasteiger partial charge is 0.343 e. The van der Waals surface area contributed by atoms with Gasteiger partial charge in [0.25, 0.3) is 0 Å². The van der Waals surface area contributed by atoms with Crippen LogP contribution in [0.5, 0.6) is 23.0 Å². The molecule has 0 atom stereocenters. The Labute approximate surface area is 197 Å². The molecule has 0 fully saturated rings. The SMILES string of the molecule is COc1ccc(OC(=O)c2ccc(-c3ccc(C(=O)Oc4ccc(OC)cc4)cc3)cc2)cc1. The van der Waals surface area contributed by atoms with Crippen LogP contribution in [0.25, 0.3) is 11.1 Å². The predicted octanol–water partition coefficient (Wildman–Crippen LogP) is 5.81. The van der Waals surface area contributed by atoms with Gasteiger partial charge in [0.05, 0.1) is 25.3 Å². The topological polar surface area (TPSA) is 71.1 Å². The van der Waals surface area contributed by atoms with Crippen molar-refractivity contribution in [3.63, 3.8) is 0 Å². The number of carbonyl (C=O) groups excluding carboxylic acids is 2. The van der Waals surface area contributed by atoms with Crippen molar-refractivity contribution in [1.82, 2.24) is 0 Å². The van der Waals surface area contributed by atoms with Crippen molar-refractivity contribution in [1.29, 1.82) is 0 Å². The molecule has 34 heavy (non-hydrogen) atoms. The number of rotatable bonds is 7. The maximum Gasteiger partial charge on any atom is 0.343 e. The lowest BCUT2D eigenvalue weighted by Gasteiger charge is -2.08. The van der Waals surface area contributed by atoms with Crippen molar-refractivity contribution >= 4 is 11.9 Å². The Hall–Kier alpha value is -4.58. The fourth-order valence-electron chi connectivity index (χ4n) is 3.22. The summed E-state index contributed by atoms with van der Waals surface area (Å²) in [6, 6.07) is 27.7. The minimum absolute atomic E-state index is 0.430. The van der Waals surface area contributed by atoms with Crippen LogP contribution >= 0.6 is 0 Å². The second-order valence-corrected chi connectivity index (χ2v) is 7.28. The molecule has 0 spiro atoms. The first-order valence-electron chi connectivity index (χ1n) is 10.5. The Morgan fingerprint density at radius 3 is 1.03 bits per heavy atom. The molecule has 0 heterocycles. The zero-order valence-electron chi connectivity index (χ0n) is 18.7. The Morgan fingerprint density at radius 2 is 0.735 bits per heavy atom. The second-order valence-electron chi connectivity index (χ2n) is 7.28. The molecule has 0 aliphatic rings. The van der Waals surface area contributed by atoms with E-state index in [1.54, 1.807) is 87.0 Å². The van der Waals surface area contributed by atoms with Gasteiger partial charge in [-0.2, -0.15) is 0 Å². The third-order valence-electron chi connectivity index (χ3n) is 5.11. The summed E-state index contributed by atoms with van der Waals surface area (Å²) in [6.45, 7) is 0. The van der Waals surface area contributed by atoms with E-state index in [2.05, 4.69) is 0 Å². The summed E-state index contributed by atoms with van der Waals surface area (Å²) in [5.74, 6) is 1.34. The summed E-state index contributed by atoms with van der Waals surface area (Å²) in [5, 5.41) is 0. The molecule has 0 aliphatic heterocycles. The summed E-state index contributed by atoms with van der Waals surface area (Å²) in [5.41, 5.74) is 2.66. The van der Waals surface area contributed by atoms with E-state index in [-0.39, 0.29) is 0 Å². The van der Waals surface area contributed by atoms with E-state index in [4.69, 9.17) is 18.9 Å². The van der Waals surface area contributed by atoms with Gasteiger partial charge in [-0.05, 0) is 83.9 Å². The molecule has 4 rings (SSSR count). The van der Waals surface area contributed by atoms with Gasteiger partial charge in [-0.15, -0.1) is 0 Å². The van der Waals surface area contributed by atoms with Gasteiger partial charge in [0.2, 0.25) is 0 Å². The van der Waals surface area contributed by atoms with Crippen LogP contribution in [0, 0.1) is 0 Å². The predicted molar refractivity (Wildman–Crippen MR) is 128 cm³/mol. The van der Waals surface area contributed by atoms with E-state index in [1.807, 2.05) is 24.3 Å². The highest BCUT2D eigenvalue weighted by Crippen LogP contribution is 2.23. The summed E-state index contributed by atoms with van der Waals surface area (Å²) < 4.78 is 21.0. The molecule has 6 heteroatoms. The average Bonchev–Trinajstić information content (AvgIpc) is 2.89. The van der Waals surface area contributed by atoms with Gasteiger partial charge in [-0.3, -0.25) is 0 Å². The molecule has 170 valence electrons. The highest BCUT2D eigenvalue weighted by Gasteiger charge is 2.11. The minimum atomic E-state index is -0.451. The van der Waals surface area contributed by atoms with Crippen LogP contribution in [0.3, 0.4) is 0 Å². The Kier molecular flexibility index (Phi) is 6.89. The third-order valence-corrected chi connectivity index (χ3v) is 5.11. The number of ether oxygens (including phenoxy) is 4. The molecular weight excluding hydrogens is 432 g/mol. The maximum absolute atomic E-state index is 12.4. The average molecular weight is 454 g/mol. The van der Waals surface area contributed by atoms with E-state index in [0.29, 0.717) is 34.1 Å². The summed E-state index contributed by atoms with van der Waals surface area (Å²) >= 11 is 0. The lowest BCUT2D eigenvalue weighted by atomic mass is 10.0. The fraction of sp³-hybridized carbons (Fsp3) is 0.0714. The largest absolute Gasteiger partial charge is 0.497 e. The lowest BCUT2D eigenvalue weighted by Crippen LogP contribution is -2.08. The second kappa shape index (κ2) is 10.4. The molecule has 4 aromatic rings. The Morgan fingerprint density at radius 1 is 0.441 bits per heavy atom. The molecular formula is C28H22O6. The van der Waals surface area contributed by atoms with Crippen LogP contribution in [0.15, 0.2) is 97.1 Å². The van der Waals surface area contributed by atoms with E-state index in [0.717, 1.165) is 11.1 Å². The molecule has 0 bridgehead atoms. The quantitative estimate of drug-likeness (QED) is 0.259. The van der Waals surface area contributed by atoms with Gasteiger partial charge in [0.15, 0.2) is 0 Å². The monoisotopic (exact) mass is 454 g/mol. The lowest BCUT2D eigenvalue weighted by molar-refractivity contribution is 0.0725. The first kappa shape index (κ1) is 22.6. The Bertz CT molecular complexity index is 1160. The van der Waals surface area contributed by atoms with Crippen molar-refractivity contribution in [2.75, 3.05) is 14.2 Å². The molecule has 4 aromatic carbocycles. The normalized spacial score (nSPS) is 10.3. The summed E-state index contributed by atoms with van der Waals surface area (Å²) in [7, 11) is 3.15. The van der Waals surface area contributed by atoms with Crippen molar-refractivity contribution in [2.24, 2.45) is 0 Å². The fourth-order valence-corrected chi connectivity index (χ4v) is 3.22.